The van der Waals surface area contributed by atoms with Crippen molar-refractivity contribution in [3.8, 4) is 0 Å². The van der Waals surface area contributed by atoms with Crippen LogP contribution in [0.4, 0.5) is 0 Å². The number of rotatable bonds is 18. The molecule has 0 aromatic carbocycles. The second kappa shape index (κ2) is 26.2. The van der Waals surface area contributed by atoms with Crippen molar-refractivity contribution in [1.29, 1.82) is 0 Å². The van der Waals surface area contributed by atoms with Gasteiger partial charge >= 0.3 is 0 Å². The van der Waals surface area contributed by atoms with Gasteiger partial charge in [-0.3, -0.25) is 0 Å². The number of hydrogen-bond donors (Lipinski definition) is 2. The van der Waals surface area contributed by atoms with Gasteiger partial charge in [-0.2, -0.15) is 0 Å². The summed E-state index contributed by atoms with van der Waals surface area (Å²) in [5.41, 5.74) is 11.0. The van der Waals surface area contributed by atoms with Crippen LogP contribution in [-0.2, 0) is 0 Å². The third kappa shape index (κ3) is 29.0. The Labute approximate surface area is 160 Å². The number of nitrogens with two attached hydrogens (primary N) is 2. The van der Waals surface area contributed by atoms with E-state index >= 15 is 0 Å². The van der Waals surface area contributed by atoms with Gasteiger partial charge in [0.1, 0.15) is 0 Å². The maximum absolute atomic E-state index is 5.48. The maximum atomic E-state index is 5.48. The van der Waals surface area contributed by atoms with Crippen LogP contribution in [0.25, 0.3) is 0 Å². The Hall–Kier alpha value is -0.0800. The Bertz CT molecular complexity index is 186. The Morgan fingerprint density at radius 1 is 0.480 bits per heavy atom. The van der Waals surface area contributed by atoms with E-state index in [-0.39, 0.29) is 0 Å². The van der Waals surface area contributed by atoms with E-state index in [0.717, 1.165) is 19.4 Å². The molecule has 2 nitrogen and oxygen atoms in total. The lowest BCUT2D eigenvalue weighted by atomic mass is 10.0. The van der Waals surface area contributed by atoms with Crippen LogP contribution in [0.15, 0.2) is 0 Å². The summed E-state index contributed by atoms with van der Waals surface area (Å²) in [5.74, 6) is 0. The summed E-state index contributed by atoms with van der Waals surface area (Å²) in [7, 11) is 0. The number of hydrogen-bond acceptors (Lipinski definition) is 2. The average molecular weight is 357 g/mol. The van der Waals surface area contributed by atoms with Gasteiger partial charge in [0.25, 0.3) is 0 Å². The molecule has 0 aromatic heterocycles. The fourth-order valence-electron chi connectivity index (χ4n) is 2.98. The molecule has 0 aliphatic rings. The largest absolute Gasteiger partial charge is 0.330 e. The monoisotopic (exact) mass is 356 g/mol. The first-order chi connectivity index (χ1) is 12.2. The van der Waals surface area contributed by atoms with E-state index in [4.69, 9.17) is 11.5 Å². The fourth-order valence-corrected chi connectivity index (χ4v) is 2.98. The third-order valence-electron chi connectivity index (χ3n) is 5.11. The molecule has 0 spiro atoms. The highest BCUT2D eigenvalue weighted by Gasteiger charge is 1.94. The van der Waals surface area contributed by atoms with Crippen molar-refractivity contribution in [1.82, 2.24) is 0 Å². The highest BCUT2D eigenvalue weighted by molar-refractivity contribution is 4.51. The smallest absolute Gasteiger partial charge is 0.00335 e. The van der Waals surface area contributed by atoms with E-state index in [9.17, 15) is 0 Å². The summed E-state index contributed by atoms with van der Waals surface area (Å²) in [5, 5.41) is 0. The summed E-state index contributed by atoms with van der Waals surface area (Å²) in [4.78, 5) is 0. The molecule has 25 heavy (non-hydrogen) atoms. The van der Waals surface area contributed by atoms with Crippen molar-refractivity contribution in [2.75, 3.05) is 6.54 Å². The predicted octanol–water partition coefficient (Wildman–Crippen LogP) is 7.34. The van der Waals surface area contributed by atoms with Crippen molar-refractivity contribution in [2.24, 2.45) is 11.5 Å². The SMILES string of the molecule is CCC(N)CC.CCCCCCCCCCCCCCCCCCN. The van der Waals surface area contributed by atoms with Crippen LogP contribution in [-0.4, -0.2) is 12.6 Å². The molecule has 0 aromatic rings. The summed E-state index contributed by atoms with van der Waals surface area (Å²) in [6, 6.07) is 0.435. The van der Waals surface area contributed by atoms with E-state index in [2.05, 4.69) is 20.8 Å². The van der Waals surface area contributed by atoms with Gasteiger partial charge in [-0.15, -0.1) is 0 Å². The molecule has 154 valence electrons. The highest BCUT2D eigenvalue weighted by Crippen LogP contribution is 2.13. The molecule has 0 saturated heterocycles. The van der Waals surface area contributed by atoms with E-state index in [1.807, 2.05) is 0 Å². The normalized spacial score (nSPS) is 10.8. The minimum atomic E-state index is 0.435. The van der Waals surface area contributed by atoms with Gasteiger partial charge in [0.15, 0.2) is 0 Å². The molecule has 0 aliphatic heterocycles. The van der Waals surface area contributed by atoms with Crippen molar-refractivity contribution >= 4 is 0 Å². The first kappa shape index (κ1) is 27.1. The van der Waals surface area contributed by atoms with Crippen LogP contribution >= 0.6 is 0 Å². The van der Waals surface area contributed by atoms with Crippen LogP contribution in [0.5, 0.6) is 0 Å². The zero-order valence-electron chi connectivity index (χ0n) is 18.2. The zero-order chi connectivity index (χ0) is 19.0. The van der Waals surface area contributed by atoms with Crippen molar-refractivity contribution in [2.45, 2.75) is 142 Å². The highest BCUT2D eigenvalue weighted by atomic mass is 14.6. The van der Waals surface area contributed by atoms with Crippen molar-refractivity contribution < 1.29 is 0 Å². The molecule has 0 fully saturated rings. The van der Waals surface area contributed by atoms with Crippen LogP contribution in [0.3, 0.4) is 0 Å². The molecule has 0 heterocycles. The molecule has 0 unspecified atom stereocenters. The minimum absolute atomic E-state index is 0.435. The van der Waals surface area contributed by atoms with Gasteiger partial charge in [-0.1, -0.05) is 117 Å². The number of unbranched alkanes of at least 4 members (excludes halogenated alkanes) is 15. The minimum Gasteiger partial charge on any atom is -0.330 e. The Morgan fingerprint density at radius 3 is 0.960 bits per heavy atom. The Morgan fingerprint density at radius 2 is 0.760 bits per heavy atom. The Kier molecular flexibility index (Phi) is 28.4. The molecule has 0 radical (unpaired) electrons. The second-order valence-electron chi connectivity index (χ2n) is 7.67. The molecular formula is C23H52N2. The quantitative estimate of drug-likeness (QED) is 0.252. The predicted molar refractivity (Wildman–Crippen MR) is 117 cm³/mol. The molecule has 0 saturated carbocycles. The maximum Gasteiger partial charge on any atom is 0.00335 e. The van der Waals surface area contributed by atoms with Crippen LogP contribution in [0.1, 0.15) is 136 Å². The van der Waals surface area contributed by atoms with Crippen LogP contribution in [0, 0.1) is 0 Å². The summed E-state index contributed by atoms with van der Waals surface area (Å²) in [6.45, 7) is 7.37. The van der Waals surface area contributed by atoms with Crippen LogP contribution in [0.2, 0.25) is 0 Å². The van der Waals surface area contributed by atoms with Gasteiger partial charge in [-0.05, 0) is 25.8 Å². The van der Waals surface area contributed by atoms with Gasteiger partial charge in [0, 0.05) is 6.04 Å². The van der Waals surface area contributed by atoms with Gasteiger partial charge < -0.3 is 11.5 Å². The molecular weight excluding hydrogens is 304 g/mol. The van der Waals surface area contributed by atoms with Gasteiger partial charge in [0.2, 0.25) is 0 Å². The van der Waals surface area contributed by atoms with Gasteiger partial charge in [-0.25, -0.2) is 0 Å². The lowest BCUT2D eigenvalue weighted by Crippen LogP contribution is -2.16. The molecule has 0 aliphatic carbocycles. The molecule has 4 N–H and O–H groups in total. The molecule has 0 bridgehead atoms. The molecule has 0 atom stereocenters. The summed E-state index contributed by atoms with van der Waals surface area (Å²) < 4.78 is 0. The van der Waals surface area contributed by atoms with E-state index in [0.29, 0.717) is 6.04 Å². The third-order valence-corrected chi connectivity index (χ3v) is 5.11. The lowest BCUT2D eigenvalue weighted by molar-refractivity contribution is 0.530. The van der Waals surface area contributed by atoms with Crippen LogP contribution < -0.4 is 11.5 Å². The Balaban J connectivity index is 0. The first-order valence-corrected chi connectivity index (χ1v) is 11.7. The van der Waals surface area contributed by atoms with Gasteiger partial charge in [0.05, 0.1) is 0 Å². The van der Waals surface area contributed by atoms with E-state index in [1.54, 1.807) is 0 Å². The van der Waals surface area contributed by atoms with Crippen molar-refractivity contribution in [3.63, 3.8) is 0 Å². The topological polar surface area (TPSA) is 52.0 Å². The fraction of sp³-hybridized carbons (Fsp3) is 1.00. The lowest BCUT2D eigenvalue weighted by Gasteiger charge is -2.03. The van der Waals surface area contributed by atoms with E-state index in [1.165, 1.54) is 103 Å². The average Bonchev–Trinajstić information content (AvgIpc) is 2.64. The van der Waals surface area contributed by atoms with E-state index < -0.39 is 0 Å². The summed E-state index contributed by atoms with van der Waals surface area (Å²) >= 11 is 0. The standard InChI is InChI=1S/C18H39N.C5H13N/c1-2-3-4-5-6-7-8-9-10-11-12-13-14-15-16-17-18-19;1-3-5(6)4-2/h2-19H2,1H3;5H,3-4,6H2,1-2H3. The second-order valence-corrected chi connectivity index (χ2v) is 7.67. The molecule has 0 rings (SSSR count). The van der Waals surface area contributed by atoms with Crippen molar-refractivity contribution in [3.05, 3.63) is 0 Å². The zero-order valence-corrected chi connectivity index (χ0v) is 18.2. The first-order valence-electron chi connectivity index (χ1n) is 11.7. The molecule has 0 amide bonds. The molecule has 2 heteroatoms. The summed E-state index contributed by atoms with van der Waals surface area (Å²) in [6.07, 6.45) is 25.1.